The van der Waals surface area contributed by atoms with Crippen LogP contribution in [0.3, 0.4) is 0 Å². The molecule has 0 saturated heterocycles. The van der Waals surface area contributed by atoms with Crippen molar-refractivity contribution in [3.8, 4) is 5.75 Å². The predicted molar refractivity (Wildman–Crippen MR) is 210 cm³/mol. The highest BCUT2D eigenvalue weighted by atomic mass is 28.3. The topological polar surface area (TPSA) is 12.5 Å². The second-order valence-corrected chi connectivity index (χ2v) is 18.1. The molecule has 2 nitrogen and oxygen atoms in total. The Hall–Kier alpha value is -4.86. The molecule has 246 valence electrons. The number of benzene rings is 4. The van der Waals surface area contributed by atoms with Crippen LogP contribution in [-0.2, 0) is 0 Å². The number of rotatable bonds is 5. The molecule has 6 unspecified atom stereocenters. The molecule has 6 atom stereocenters. The molecule has 4 aromatic rings. The van der Waals surface area contributed by atoms with E-state index in [-0.39, 0.29) is 0 Å². The van der Waals surface area contributed by atoms with Crippen LogP contribution in [0.25, 0.3) is 17.7 Å². The monoisotopic (exact) mass is 665 g/mol. The molecule has 0 aromatic heterocycles. The zero-order valence-electron chi connectivity index (χ0n) is 28.7. The van der Waals surface area contributed by atoms with Crippen molar-refractivity contribution in [2.24, 2.45) is 11.8 Å². The van der Waals surface area contributed by atoms with E-state index in [2.05, 4.69) is 157 Å². The third-order valence-corrected chi connectivity index (χ3v) is 15.8. The van der Waals surface area contributed by atoms with E-state index in [0.717, 1.165) is 25.0 Å². The molecule has 0 N–H and O–H groups in total. The molecule has 0 amide bonds. The minimum atomic E-state index is -1.27. The lowest BCUT2D eigenvalue weighted by Gasteiger charge is -2.38. The van der Waals surface area contributed by atoms with Crippen LogP contribution in [0.2, 0.25) is 12.1 Å². The van der Waals surface area contributed by atoms with Gasteiger partial charge in [0, 0.05) is 40.4 Å². The van der Waals surface area contributed by atoms with Crippen molar-refractivity contribution in [3.05, 3.63) is 178 Å². The summed E-state index contributed by atoms with van der Waals surface area (Å²) in [5.74, 6) is 3.97. The van der Waals surface area contributed by atoms with Gasteiger partial charge < -0.3 is 9.64 Å². The Morgan fingerprint density at radius 3 is 2.52 bits per heavy atom. The van der Waals surface area contributed by atoms with Gasteiger partial charge in [0.15, 0.2) is 0 Å². The summed E-state index contributed by atoms with van der Waals surface area (Å²) in [6, 6.07) is 36.0. The van der Waals surface area contributed by atoms with Crippen LogP contribution in [0.15, 0.2) is 151 Å². The van der Waals surface area contributed by atoms with Crippen LogP contribution in [-0.4, -0.2) is 8.80 Å². The molecule has 4 aromatic carbocycles. The molecule has 3 heteroatoms. The molecule has 2 heterocycles. The fraction of sp³-hybridized carbons (Fsp3) is 0.234. The molecule has 0 fully saturated rings. The smallest absolute Gasteiger partial charge is 0.130 e. The van der Waals surface area contributed by atoms with Crippen molar-refractivity contribution >= 4 is 37.4 Å². The highest BCUT2D eigenvalue weighted by Crippen LogP contribution is 2.56. The summed E-state index contributed by atoms with van der Waals surface area (Å²) < 4.78 is 6.70. The third kappa shape index (κ3) is 4.89. The molecule has 0 spiro atoms. The number of nitrogens with zero attached hydrogens (tertiary/aromatic N) is 1. The Kier molecular flexibility index (Phi) is 7.30. The van der Waals surface area contributed by atoms with Crippen molar-refractivity contribution in [2.45, 2.75) is 56.0 Å². The van der Waals surface area contributed by atoms with Crippen molar-refractivity contribution < 1.29 is 4.74 Å². The average Bonchev–Trinajstić information content (AvgIpc) is 3.70. The SMILES string of the molecule is C[SiH]1c2cc(N(C3=CCC(c4ccccc4)C=C3)C3=CC=CCC3C3C=c4ccccc4=CC3)ccc2C2=C3Oc4ccccc4C3CCC21. The Morgan fingerprint density at radius 2 is 1.64 bits per heavy atom. The molecule has 4 aliphatic carbocycles. The van der Waals surface area contributed by atoms with E-state index in [1.807, 2.05) is 0 Å². The maximum absolute atomic E-state index is 6.70. The van der Waals surface area contributed by atoms with Gasteiger partial charge in [-0.25, -0.2) is 0 Å². The van der Waals surface area contributed by atoms with Gasteiger partial charge in [0.1, 0.15) is 11.5 Å². The number of anilines is 1. The van der Waals surface area contributed by atoms with E-state index in [0.29, 0.717) is 29.2 Å². The van der Waals surface area contributed by atoms with E-state index in [9.17, 15) is 0 Å². The fourth-order valence-electron chi connectivity index (χ4n) is 9.89. The summed E-state index contributed by atoms with van der Waals surface area (Å²) in [6.45, 7) is 2.59. The Labute approximate surface area is 297 Å². The van der Waals surface area contributed by atoms with Crippen LogP contribution >= 0.6 is 0 Å². The van der Waals surface area contributed by atoms with Crippen molar-refractivity contribution in [1.29, 1.82) is 0 Å². The first-order valence-electron chi connectivity index (χ1n) is 18.7. The van der Waals surface area contributed by atoms with Crippen LogP contribution in [0, 0.1) is 11.8 Å². The van der Waals surface area contributed by atoms with Crippen LogP contribution in [0.4, 0.5) is 5.69 Å². The van der Waals surface area contributed by atoms with E-state index >= 15 is 0 Å². The number of hydrogen-bond donors (Lipinski definition) is 0. The van der Waals surface area contributed by atoms with Gasteiger partial charge in [-0.15, -0.1) is 0 Å². The van der Waals surface area contributed by atoms with E-state index in [1.54, 1.807) is 5.19 Å². The van der Waals surface area contributed by atoms with Gasteiger partial charge in [0.25, 0.3) is 0 Å². The second-order valence-electron chi connectivity index (χ2n) is 15.1. The summed E-state index contributed by atoms with van der Waals surface area (Å²) in [4.78, 5) is 2.63. The van der Waals surface area contributed by atoms with Gasteiger partial charge in [0.05, 0.1) is 8.80 Å². The zero-order chi connectivity index (χ0) is 33.2. The molecular weight excluding hydrogens is 623 g/mol. The molecule has 6 aliphatic rings. The standard InChI is InChI=1S/C47H43NOSi/c1-50-44-28-27-40-39-16-8-10-18-43(39)49-47(40)46(44)41-26-25-37(30-45(41)50)48(36-23-21-33(22-24-36)31-11-3-2-4-12-31)42-17-9-7-15-38(42)35-20-19-32-13-5-6-14-34(32)29-35/h2-14,16-19,21,23-26,29-30,33,35,38,40,44,50H,15,20,22,27-28H2,1H3. The maximum Gasteiger partial charge on any atom is 0.130 e. The summed E-state index contributed by atoms with van der Waals surface area (Å²) in [5.41, 5.74) is 10.4. The predicted octanol–water partition coefficient (Wildman–Crippen LogP) is 8.99. The molecule has 0 bridgehead atoms. The van der Waals surface area contributed by atoms with Gasteiger partial charge in [0.2, 0.25) is 0 Å². The second kappa shape index (κ2) is 12.2. The van der Waals surface area contributed by atoms with Crippen LogP contribution < -0.4 is 25.3 Å². The quantitative estimate of drug-likeness (QED) is 0.197. The van der Waals surface area contributed by atoms with Crippen LogP contribution in [0.1, 0.15) is 60.6 Å². The van der Waals surface area contributed by atoms with Crippen LogP contribution in [0.5, 0.6) is 5.75 Å². The molecule has 10 rings (SSSR count). The fourth-order valence-corrected chi connectivity index (χ4v) is 13.0. The Bertz CT molecular complexity index is 2290. The van der Waals surface area contributed by atoms with Gasteiger partial charge in [-0.05, 0) is 101 Å². The highest BCUT2D eigenvalue weighted by molar-refractivity contribution is 6.78. The summed E-state index contributed by atoms with van der Waals surface area (Å²) >= 11 is 0. The van der Waals surface area contributed by atoms with Gasteiger partial charge in [-0.2, -0.15) is 0 Å². The molecule has 50 heavy (non-hydrogen) atoms. The maximum atomic E-state index is 6.70. The molecule has 2 aliphatic heterocycles. The van der Waals surface area contributed by atoms with E-state index in [4.69, 9.17) is 4.74 Å². The number of hydrogen-bond acceptors (Lipinski definition) is 2. The van der Waals surface area contributed by atoms with Crippen molar-refractivity contribution in [3.63, 3.8) is 0 Å². The van der Waals surface area contributed by atoms with E-state index < -0.39 is 8.80 Å². The number of ether oxygens (including phenoxy) is 1. The molecule has 0 radical (unpaired) electrons. The third-order valence-electron chi connectivity index (χ3n) is 12.4. The minimum Gasteiger partial charge on any atom is -0.460 e. The minimum absolute atomic E-state index is 0.396. The summed E-state index contributed by atoms with van der Waals surface area (Å²) in [5, 5.41) is 4.35. The Balaban J connectivity index is 1.06. The van der Waals surface area contributed by atoms with Gasteiger partial charge in [-0.1, -0.05) is 127 Å². The Morgan fingerprint density at radius 1 is 0.800 bits per heavy atom. The normalized spacial score (nSPS) is 27.0. The number of fused-ring (bicyclic) bond motifs is 7. The van der Waals surface area contributed by atoms with Crippen molar-refractivity contribution in [1.82, 2.24) is 0 Å². The van der Waals surface area contributed by atoms with Crippen molar-refractivity contribution in [2.75, 3.05) is 4.90 Å². The van der Waals surface area contributed by atoms with Gasteiger partial charge >= 0.3 is 0 Å². The number of allylic oxidation sites excluding steroid dienone is 9. The summed E-state index contributed by atoms with van der Waals surface area (Å²) in [6.07, 6.45) is 25.0. The molecule has 0 saturated carbocycles. The first-order valence-corrected chi connectivity index (χ1v) is 21.1. The van der Waals surface area contributed by atoms with Gasteiger partial charge in [-0.3, -0.25) is 0 Å². The highest BCUT2D eigenvalue weighted by Gasteiger charge is 2.45. The zero-order valence-corrected chi connectivity index (χ0v) is 29.9. The summed E-state index contributed by atoms with van der Waals surface area (Å²) in [7, 11) is -1.27. The van der Waals surface area contributed by atoms with E-state index in [1.165, 1.54) is 68.4 Å². The average molecular weight is 666 g/mol. The first-order chi connectivity index (χ1) is 24.7. The number of para-hydroxylation sites is 1. The lowest BCUT2D eigenvalue weighted by atomic mass is 9.79. The lowest BCUT2D eigenvalue weighted by molar-refractivity contribution is 0.410. The first kappa shape index (κ1) is 30.0. The lowest BCUT2D eigenvalue weighted by Crippen LogP contribution is -2.35. The molecular formula is C47H43NOSi. The largest absolute Gasteiger partial charge is 0.460 e.